The summed E-state index contributed by atoms with van der Waals surface area (Å²) >= 11 is 5.82. The molecule has 0 saturated heterocycles. The number of anilines is 1. The van der Waals surface area contributed by atoms with Gasteiger partial charge in [0.2, 0.25) is 0 Å². The van der Waals surface area contributed by atoms with Gasteiger partial charge in [0.25, 0.3) is 0 Å². The minimum atomic E-state index is -1.05. The Morgan fingerprint density at radius 3 is 3.00 bits per heavy atom. The van der Waals surface area contributed by atoms with Crippen molar-refractivity contribution < 1.29 is 14.6 Å². The van der Waals surface area contributed by atoms with Gasteiger partial charge >= 0.3 is 5.97 Å². The molecular formula is C9H11ClN2O3. The van der Waals surface area contributed by atoms with E-state index >= 15 is 0 Å². The van der Waals surface area contributed by atoms with Crippen molar-refractivity contribution in [1.29, 1.82) is 0 Å². The van der Waals surface area contributed by atoms with E-state index in [1.165, 1.54) is 12.3 Å². The SMILES string of the molecule is COCCNc1ncc(C(=O)O)cc1Cl. The molecule has 6 heteroatoms. The van der Waals surface area contributed by atoms with Crippen molar-refractivity contribution in [3.8, 4) is 0 Å². The van der Waals surface area contributed by atoms with Gasteiger partial charge < -0.3 is 15.2 Å². The van der Waals surface area contributed by atoms with E-state index in [4.69, 9.17) is 21.4 Å². The molecule has 0 aliphatic heterocycles. The molecule has 1 rings (SSSR count). The quantitative estimate of drug-likeness (QED) is 0.750. The third-order valence-electron chi connectivity index (χ3n) is 1.69. The van der Waals surface area contributed by atoms with E-state index in [9.17, 15) is 4.79 Å². The summed E-state index contributed by atoms with van der Waals surface area (Å²) in [5.74, 6) is -0.591. The highest BCUT2D eigenvalue weighted by molar-refractivity contribution is 6.33. The molecular weight excluding hydrogens is 220 g/mol. The van der Waals surface area contributed by atoms with Crippen molar-refractivity contribution in [3.63, 3.8) is 0 Å². The predicted octanol–water partition coefficient (Wildman–Crippen LogP) is 1.49. The summed E-state index contributed by atoms with van der Waals surface area (Å²) in [7, 11) is 1.59. The summed E-state index contributed by atoms with van der Waals surface area (Å²) in [5.41, 5.74) is 0.0669. The highest BCUT2D eigenvalue weighted by Crippen LogP contribution is 2.19. The summed E-state index contributed by atoms with van der Waals surface area (Å²) < 4.78 is 4.84. The standard InChI is InChI=1S/C9H11ClN2O3/c1-15-3-2-11-8-7(10)4-6(5-12-8)9(13)14/h4-5H,2-3H2,1H3,(H,11,12)(H,13,14). The Bertz CT molecular complexity index is 357. The Hall–Kier alpha value is -1.33. The number of methoxy groups -OCH3 is 1. The highest BCUT2D eigenvalue weighted by Gasteiger charge is 2.07. The van der Waals surface area contributed by atoms with Crippen LogP contribution in [0.5, 0.6) is 0 Å². The van der Waals surface area contributed by atoms with Crippen molar-refractivity contribution in [2.45, 2.75) is 0 Å². The van der Waals surface area contributed by atoms with E-state index in [2.05, 4.69) is 10.3 Å². The molecule has 2 N–H and O–H groups in total. The van der Waals surface area contributed by atoms with Crippen LogP contribution in [0, 0.1) is 0 Å². The lowest BCUT2D eigenvalue weighted by Crippen LogP contribution is -2.09. The fourth-order valence-corrected chi connectivity index (χ4v) is 1.19. The Balaban J connectivity index is 2.70. The van der Waals surface area contributed by atoms with Crippen LogP contribution in [0.1, 0.15) is 10.4 Å². The highest BCUT2D eigenvalue weighted by atomic mass is 35.5. The number of hydrogen-bond donors (Lipinski definition) is 2. The van der Waals surface area contributed by atoms with Crippen LogP contribution in [0.2, 0.25) is 5.02 Å². The van der Waals surface area contributed by atoms with Gasteiger partial charge in [-0.25, -0.2) is 9.78 Å². The van der Waals surface area contributed by atoms with Crippen LogP contribution in [0.3, 0.4) is 0 Å². The van der Waals surface area contributed by atoms with E-state index in [0.717, 1.165) is 0 Å². The molecule has 0 aliphatic rings. The Morgan fingerprint density at radius 2 is 2.47 bits per heavy atom. The molecule has 15 heavy (non-hydrogen) atoms. The van der Waals surface area contributed by atoms with Crippen LogP contribution in [0.15, 0.2) is 12.3 Å². The van der Waals surface area contributed by atoms with Crippen molar-refractivity contribution >= 4 is 23.4 Å². The molecule has 82 valence electrons. The van der Waals surface area contributed by atoms with Gasteiger partial charge in [-0.1, -0.05) is 11.6 Å². The Kier molecular flexibility index (Phi) is 4.33. The second-order valence-electron chi connectivity index (χ2n) is 2.78. The largest absolute Gasteiger partial charge is 0.478 e. The van der Waals surface area contributed by atoms with Crippen molar-refractivity contribution in [3.05, 3.63) is 22.8 Å². The van der Waals surface area contributed by atoms with E-state index in [1.54, 1.807) is 7.11 Å². The molecule has 0 amide bonds. The lowest BCUT2D eigenvalue weighted by atomic mass is 10.3. The number of carboxylic acids is 1. The Labute approximate surface area is 92.0 Å². The van der Waals surface area contributed by atoms with Gasteiger partial charge in [0, 0.05) is 19.9 Å². The second-order valence-corrected chi connectivity index (χ2v) is 3.19. The number of aromatic nitrogens is 1. The zero-order valence-electron chi connectivity index (χ0n) is 8.16. The number of ether oxygens (including phenoxy) is 1. The fraction of sp³-hybridized carbons (Fsp3) is 0.333. The molecule has 0 unspecified atom stereocenters. The molecule has 0 aromatic carbocycles. The van der Waals surface area contributed by atoms with Crippen molar-refractivity contribution in [2.24, 2.45) is 0 Å². The van der Waals surface area contributed by atoms with Gasteiger partial charge in [-0.15, -0.1) is 0 Å². The normalized spacial score (nSPS) is 10.0. The number of rotatable bonds is 5. The first kappa shape index (κ1) is 11.7. The first-order valence-corrected chi connectivity index (χ1v) is 4.64. The molecule has 0 bridgehead atoms. The fourth-order valence-electron chi connectivity index (χ4n) is 0.956. The van der Waals surface area contributed by atoms with Gasteiger partial charge in [0.1, 0.15) is 5.82 Å². The zero-order chi connectivity index (χ0) is 11.3. The van der Waals surface area contributed by atoms with Crippen molar-refractivity contribution in [1.82, 2.24) is 4.98 Å². The lowest BCUT2D eigenvalue weighted by Gasteiger charge is -2.06. The summed E-state index contributed by atoms with van der Waals surface area (Å²) in [5, 5.41) is 11.9. The maximum absolute atomic E-state index is 10.6. The molecule has 1 aromatic heterocycles. The smallest absolute Gasteiger partial charge is 0.337 e. The number of aromatic carboxylic acids is 1. The molecule has 0 spiro atoms. The maximum atomic E-state index is 10.6. The third kappa shape index (κ3) is 3.38. The van der Waals surface area contributed by atoms with Crippen LogP contribution in [-0.2, 0) is 4.74 Å². The summed E-state index contributed by atoms with van der Waals surface area (Å²) in [6, 6.07) is 1.35. The molecule has 5 nitrogen and oxygen atoms in total. The molecule has 1 heterocycles. The zero-order valence-corrected chi connectivity index (χ0v) is 8.91. The third-order valence-corrected chi connectivity index (χ3v) is 1.97. The topological polar surface area (TPSA) is 71.5 Å². The first-order valence-electron chi connectivity index (χ1n) is 4.27. The molecule has 0 saturated carbocycles. The summed E-state index contributed by atoms with van der Waals surface area (Å²) in [6.07, 6.45) is 1.25. The molecule has 0 fully saturated rings. The monoisotopic (exact) mass is 230 g/mol. The van der Waals surface area contributed by atoms with Gasteiger partial charge in [-0.05, 0) is 6.07 Å². The van der Waals surface area contributed by atoms with Gasteiger partial charge in [0.15, 0.2) is 0 Å². The van der Waals surface area contributed by atoms with E-state index < -0.39 is 5.97 Å². The van der Waals surface area contributed by atoms with Crippen molar-refractivity contribution in [2.75, 3.05) is 25.6 Å². The van der Waals surface area contributed by atoms with E-state index in [-0.39, 0.29) is 10.6 Å². The average molecular weight is 231 g/mol. The summed E-state index contributed by atoms with van der Waals surface area (Å²) in [4.78, 5) is 14.5. The number of nitrogens with zero attached hydrogens (tertiary/aromatic N) is 1. The number of nitrogens with one attached hydrogen (secondary N) is 1. The number of carbonyl (C=O) groups is 1. The van der Waals surface area contributed by atoms with Crippen LogP contribution >= 0.6 is 11.6 Å². The first-order chi connectivity index (χ1) is 7.15. The van der Waals surface area contributed by atoms with Gasteiger partial charge in [-0.3, -0.25) is 0 Å². The number of carboxylic acid groups (broad SMARTS) is 1. The van der Waals surface area contributed by atoms with Crippen LogP contribution in [0.25, 0.3) is 0 Å². The molecule has 0 aliphatic carbocycles. The van der Waals surface area contributed by atoms with Crippen LogP contribution in [0.4, 0.5) is 5.82 Å². The number of hydrogen-bond acceptors (Lipinski definition) is 4. The van der Waals surface area contributed by atoms with Crippen LogP contribution < -0.4 is 5.32 Å². The number of halogens is 1. The summed E-state index contributed by atoms with van der Waals surface area (Å²) in [6.45, 7) is 1.09. The van der Waals surface area contributed by atoms with E-state index in [1.807, 2.05) is 0 Å². The van der Waals surface area contributed by atoms with Gasteiger partial charge in [0.05, 0.1) is 17.2 Å². The predicted molar refractivity (Wildman–Crippen MR) is 56.6 cm³/mol. The second kappa shape index (κ2) is 5.53. The minimum Gasteiger partial charge on any atom is -0.478 e. The van der Waals surface area contributed by atoms with E-state index in [0.29, 0.717) is 19.0 Å². The average Bonchev–Trinajstić information content (AvgIpc) is 2.20. The lowest BCUT2D eigenvalue weighted by molar-refractivity contribution is 0.0696. The van der Waals surface area contributed by atoms with Gasteiger partial charge in [-0.2, -0.15) is 0 Å². The molecule has 0 atom stereocenters. The minimum absolute atomic E-state index is 0.0669. The molecule has 1 aromatic rings. The molecule has 0 radical (unpaired) electrons. The number of pyridine rings is 1. The maximum Gasteiger partial charge on any atom is 0.337 e. The van der Waals surface area contributed by atoms with Crippen LogP contribution in [-0.4, -0.2) is 36.3 Å². The Morgan fingerprint density at radius 1 is 1.73 bits per heavy atom.